The molecule has 0 aromatic heterocycles. The fourth-order valence-electron chi connectivity index (χ4n) is 1.23. The van der Waals surface area contributed by atoms with E-state index in [0.717, 1.165) is 6.07 Å². The Labute approximate surface area is 85.3 Å². The van der Waals surface area contributed by atoms with E-state index in [1.54, 1.807) is 0 Å². The predicted molar refractivity (Wildman–Crippen MR) is 49.3 cm³/mol. The third kappa shape index (κ3) is 2.06. The van der Waals surface area contributed by atoms with E-state index in [4.69, 9.17) is 9.84 Å². The van der Waals surface area contributed by atoms with E-state index in [1.165, 1.54) is 26.2 Å². The van der Waals surface area contributed by atoms with Crippen LogP contribution in [0, 0.1) is 6.92 Å². The zero-order valence-corrected chi connectivity index (χ0v) is 8.25. The maximum absolute atomic E-state index is 13.1. The van der Waals surface area contributed by atoms with E-state index in [2.05, 4.69) is 0 Å². The Balaban J connectivity index is 3.22. The highest BCUT2D eigenvalue weighted by atomic mass is 19.3. The summed E-state index contributed by atoms with van der Waals surface area (Å²) < 4.78 is 31.1. The van der Waals surface area contributed by atoms with Gasteiger partial charge in [-0.25, -0.2) is 4.79 Å². The SMILES string of the molecule is COc1ccc(C(F)(F)C(=O)O)c(C)c1. The van der Waals surface area contributed by atoms with Crippen molar-refractivity contribution in [1.82, 2.24) is 0 Å². The fraction of sp³-hybridized carbons (Fsp3) is 0.300. The minimum atomic E-state index is -3.86. The normalized spacial score (nSPS) is 11.2. The molecule has 0 bridgehead atoms. The monoisotopic (exact) mass is 216 g/mol. The molecule has 0 radical (unpaired) electrons. The number of hydrogen-bond donors (Lipinski definition) is 1. The lowest BCUT2D eigenvalue weighted by molar-refractivity contribution is -0.166. The Hall–Kier alpha value is -1.65. The van der Waals surface area contributed by atoms with Crippen molar-refractivity contribution in [3.8, 4) is 5.75 Å². The summed E-state index contributed by atoms with van der Waals surface area (Å²) in [6, 6.07) is 3.73. The van der Waals surface area contributed by atoms with Crippen molar-refractivity contribution in [3.05, 3.63) is 29.3 Å². The second-order valence-corrected chi connectivity index (χ2v) is 3.06. The molecule has 0 heterocycles. The molecular weight excluding hydrogens is 206 g/mol. The molecule has 0 fully saturated rings. The van der Waals surface area contributed by atoms with Gasteiger partial charge in [0, 0.05) is 5.56 Å². The maximum atomic E-state index is 13.1. The van der Waals surface area contributed by atoms with Crippen molar-refractivity contribution in [2.24, 2.45) is 0 Å². The van der Waals surface area contributed by atoms with Gasteiger partial charge in [0.1, 0.15) is 5.75 Å². The molecular formula is C10H10F2O3. The second kappa shape index (κ2) is 3.84. The van der Waals surface area contributed by atoms with Crippen LogP contribution in [0.5, 0.6) is 5.75 Å². The molecule has 0 unspecified atom stereocenters. The number of methoxy groups -OCH3 is 1. The molecule has 0 amide bonds. The van der Waals surface area contributed by atoms with Crippen molar-refractivity contribution in [3.63, 3.8) is 0 Å². The molecule has 1 N–H and O–H groups in total. The van der Waals surface area contributed by atoms with E-state index < -0.39 is 17.5 Å². The quantitative estimate of drug-likeness (QED) is 0.842. The van der Waals surface area contributed by atoms with Gasteiger partial charge in [0.05, 0.1) is 7.11 Å². The van der Waals surface area contributed by atoms with Gasteiger partial charge < -0.3 is 9.84 Å². The van der Waals surface area contributed by atoms with Gasteiger partial charge in [-0.2, -0.15) is 8.78 Å². The number of rotatable bonds is 3. The molecule has 0 aliphatic heterocycles. The van der Waals surface area contributed by atoms with Gasteiger partial charge in [0.2, 0.25) is 0 Å². The summed E-state index contributed by atoms with van der Waals surface area (Å²) in [5.41, 5.74) is -0.336. The van der Waals surface area contributed by atoms with E-state index in [-0.39, 0.29) is 5.56 Å². The van der Waals surface area contributed by atoms with Crippen molar-refractivity contribution >= 4 is 5.97 Å². The highest BCUT2D eigenvalue weighted by Gasteiger charge is 2.42. The number of alkyl halides is 2. The number of aliphatic carboxylic acids is 1. The van der Waals surface area contributed by atoms with E-state index >= 15 is 0 Å². The Morgan fingerprint density at radius 3 is 2.47 bits per heavy atom. The van der Waals surface area contributed by atoms with Crippen LogP contribution in [0.1, 0.15) is 11.1 Å². The third-order valence-electron chi connectivity index (χ3n) is 2.04. The van der Waals surface area contributed by atoms with Crippen molar-refractivity contribution in [2.45, 2.75) is 12.8 Å². The molecule has 3 nitrogen and oxygen atoms in total. The molecule has 1 aromatic rings. The minimum absolute atomic E-state index is 0.182. The van der Waals surface area contributed by atoms with Crippen LogP contribution in [-0.2, 0) is 10.7 Å². The first-order valence-electron chi connectivity index (χ1n) is 4.16. The molecule has 0 aliphatic rings. The topological polar surface area (TPSA) is 46.5 Å². The van der Waals surface area contributed by atoms with Crippen molar-refractivity contribution in [1.29, 1.82) is 0 Å². The molecule has 1 rings (SSSR count). The minimum Gasteiger partial charge on any atom is -0.497 e. The lowest BCUT2D eigenvalue weighted by Gasteiger charge is -2.14. The van der Waals surface area contributed by atoms with Gasteiger partial charge >= 0.3 is 11.9 Å². The summed E-state index contributed by atoms with van der Waals surface area (Å²) in [5.74, 6) is -5.61. The maximum Gasteiger partial charge on any atom is 0.379 e. The lowest BCUT2D eigenvalue weighted by Crippen LogP contribution is -2.26. The number of benzene rings is 1. The molecule has 0 spiro atoms. The van der Waals surface area contributed by atoms with E-state index in [9.17, 15) is 13.6 Å². The Kier molecular flexibility index (Phi) is 2.93. The first kappa shape index (κ1) is 11.4. The summed E-state index contributed by atoms with van der Waals surface area (Å²) in [4.78, 5) is 10.3. The second-order valence-electron chi connectivity index (χ2n) is 3.06. The van der Waals surface area contributed by atoms with Crippen LogP contribution in [0.3, 0.4) is 0 Å². The van der Waals surface area contributed by atoms with E-state index in [1.807, 2.05) is 0 Å². The zero-order chi connectivity index (χ0) is 11.6. The molecule has 5 heteroatoms. The molecule has 0 saturated carbocycles. The van der Waals surface area contributed by atoms with Gasteiger partial charge in [-0.05, 0) is 30.7 Å². The number of carboxylic acids is 1. The summed E-state index contributed by atoms with van der Waals surface area (Å²) in [5, 5.41) is 8.36. The van der Waals surface area contributed by atoms with Crippen LogP contribution in [0.15, 0.2) is 18.2 Å². The summed E-state index contributed by atoms with van der Waals surface area (Å²) in [6.45, 7) is 1.41. The average Bonchev–Trinajstić information content (AvgIpc) is 2.16. The highest BCUT2D eigenvalue weighted by Crippen LogP contribution is 2.32. The van der Waals surface area contributed by atoms with Gasteiger partial charge in [-0.3, -0.25) is 0 Å². The van der Waals surface area contributed by atoms with Crippen LogP contribution in [0.4, 0.5) is 8.78 Å². The van der Waals surface area contributed by atoms with Crippen LogP contribution < -0.4 is 4.74 Å². The highest BCUT2D eigenvalue weighted by molar-refractivity contribution is 5.77. The predicted octanol–water partition coefficient (Wildman–Crippen LogP) is 2.18. The molecule has 0 saturated heterocycles. The number of hydrogen-bond acceptors (Lipinski definition) is 2. The van der Waals surface area contributed by atoms with Crippen molar-refractivity contribution < 1.29 is 23.4 Å². The first-order chi connectivity index (χ1) is 6.89. The number of carbonyl (C=O) groups is 1. The summed E-state index contributed by atoms with van der Waals surface area (Å²) >= 11 is 0. The Morgan fingerprint density at radius 1 is 1.47 bits per heavy atom. The largest absolute Gasteiger partial charge is 0.497 e. The first-order valence-corrected chi connectivity index (χ1v) is 4.16. The van der Waals surface area contributed by atoms with Crippen LogP contribution >= 0.6 is 0 Å². The molecule has 82 valence electrons. The van der Waals surface area contributed by atoms with Crippen LogP contribution in [-0.4, -0.2) is 18.2 Å². The molecule has 15 heavy (non-hydrogen) atoms. The van der Waals surface area contributed by atoms with Gasteiger partial charge in [-0.15, -0.1) is 0 Å². The third-order valence-corrected chi connectivity index (χ3v) is 2.04. The number of aryl methyl sites for hydroxylation is 1. The molecule has 1 aromatic carbocycles. The van der Waals surface area contributed by atoms with Gasteiger partial charge in [-0.1, -0.05) is 0 Å². The lowest BCUT2D eigenvalue weighted by atomic mass is 10.0. The Morgan fingerprint density at radius 2 is 2.07 bits per heavy atom. The molecule has 0 atom stereocenters. The van der Waals surface area contributed by atoms with Gasteiger partial charge in [0.15, 0.2) is 0 Å². The summed E-state index contributed by atoms with van der Waals surface area (Å²) in [7, 11) is 1.41. The summed E-state index contributed by atoms with van der Waals surface area (Å²) in [6.07, 6.45) is 0. The Bertz CT molecular complexity index is 388. The smallest absolute Gasteiger partial charge is 0.379 e. The van der Waals surface area contributed by atoms with Crippen molar-refractivity contribution in [2.75, 3.05) is 7.11 Å². The van der Waals surface area contributed by atoms with E-state index in [0.29, 0.717) is 5.75 Å². The van der Waals surface area contributed by atoms with Crippen LogP contribution in [0.25, 0.3) is 0 Å². The number of carboxylic acid groups (broad SMARTS) is 1. The zero-order valence-electron chi connectivity index (χ0n) is 8.25. The number of ether oxygens (including phenoxy) is 1. The van der Waals surface area contributed by atoms with Crippen LogP contribution in [0.2, 0.25) is 0 Å². The average molecular weight is 216 g/mol. The molecule has 0 aliphatic carbocycles. The number of halogens is 2. The standard InChI is InChI=1S/C10H10F2O3/c1-6-5-7(15-2)3-4-8(6)10(11,12)9(13)14/h3-5H,1-2H3,(H,13,14). The van der Waals surface area contributed by atoms with Gasteiger partial charge in [0.25, 0.3) is 0 Å². The fourth-order valence-corrected chi connectivity index (χ4v) is 1.23.